The molecule has 1 atom stereocenters. The molecular weight excluding hydrogens is 252 g/mol. The lowest BCUT2D eigenvalue weighted by atomic mass is 10.4. The fraction of sp³-hybridized carbons (Fsp3) is 0.300. The van der Waals surface area contributed by atoms with E-state index in [0.717, 1.165) is 7.11 Å². The van der Waals surface area contributed by atoms with E-state index in [-0.39, 0.29) is 4.90 Å². The summed E-state index contributed by atoms with van der Waals surface area (Å²) in [5, 5.41) is -0.789. The van der Waals surface area contributed by atoms with Crippen LogP contribution in [0.5, 0.6) is 0 Å². The van der Waals surface area contributed by atoms with Crippen molar-refractivity contribution in [3.05, 3.63) is 29.3 Å². The second-order valence-electron chi connectivity index (χ2n) is 3.16. The number of rotatable bonds is 3. The molecule has 0 fully saturated rings. The summed E-state index contributed by atoms with van der Waals surface area (Å²) in [5.74, 6) is -0.782. The summed E-state index contributed by atoms with van der Waals surface area (Å²) in [6.45, 7) is 1.29. The molecule has 0 amide bonds. The monoisotopic (exact) mass is 262 g/mol. The summed E-state index contributed by atoms with van der Waals surface area (Å²) in [6.07, 6.45) is 0. The summed E-state index contributed by atoms with van der Waals surface area (Å²) in [6, 6.07) is 5.63. The molecule has 0 bridgehead atoms. The maximum Gasteiger partial charge on any atom is 0.324 e. The Labute approximate surface area is 99.1 Å². The second kappa shape index (κ2) is 4.84. The zero-order chi connectivity index (χ0) is 12.3. The Kier molecular flexibility index (Phi) is 3.93. The average Bonchev–Trinajstić information content (AvgIpc) is 2.27. The van der Waals surface area contributed by atoms with Gasteiger partial charge in [0.15, 0.2) is 15.1 Å². The minimum atomic E-state index is -3.70. The van der Waals surface area contributed by atoms with Gasteiger partial charge in [0.2, 0.25) is 0 Å². The molecule has 16 heavy (non-hydrogen) atoms. The Morgan fingerprint density at radius 1 is 1.31 bits per heavy atom. The minimum Gasteiger partial charge on any atom is -0.468 e. The summed E-state index contributed by atoms with van der Waals surface area (Å²) < 4.78 is 28.2. The van der Waals surface area contributed by atoms with Gasteiger partial charge in [-0.3, -0.25) is 4.79 Å². The molecule has 0 radical (unpaired) electrons. The van der Waals surface area contributed by atoms with E-state index in [1.165, 1.54) is 31.2 Å². The number of ether oxygens (including phenoxy) is 1. The van der Waals surface area contributed by atoms with Gasteiger partial charge in [0.25, 0.3) is 0 Å². The number of methoxy groups -OCH3 is 1. The van der Waals surface area contributed by atoms with Gasteiger partial charge < -0.3 is 4.74 Å². The topological polar surface area (TPSA) is 60.4 Å². The molecule has 0 aromatic heterocycles. The van der Waals surface area contributed by atoms with Gasteiger partial charge in [-0.15, -0.1) is 0 Å². The van der Waals surface area contributed by atoms with Gasteiger partial charge in [0.05, 0.1) is 12.0 Å². The number of sulfone groups is 1. The number of hydrogen-bond donors (Lipinski definition) is 0. The number of carbonyl (C=O) groups is 1. The molecule has 0 saturated carbocycles. The molecule has 0 N–H and O–H groups in total. The van der Waals surface area contributed by atoms with Crippen LogP contribution >= 0.6 is 11.6 Å². The number of halogens is 1. The first-order valence-electron chi connectivity index (χ1n) is 4.47. The number of carbonyl (C=O) groups excluding carboxylic acids is 1. The lowest BCUT2D eigenvalue weighted by Crippen LogP contribution is -2.28. The highest BCUT2D eigenvalue weighted by Crippen LogP contribution is 2.19. The molecule has 0 saturated heterocycles. The van der Waals surface area contributed by atoms with Crippen LogP contribution in [0.3, 0.4) is 0 Å². The fourth-order valence-corrected chi connectivity index (χ4v) is 2.52. The molecule has 0 aliphatic rings. The first-order valence-corrected chi connectivity index (χ1v) is 6.39. The second-order valence-corrected chi connectivity index (χ2v) is 5.87. The van der Waals surface area contributed by atoms with Gasteiger partial charge >= 0.3 is 5.97 Å². The lowest BCUT2D eigenvalue weighted by Gasteiger charge is -2.10. The third-order valence-electron chi connectivity index (χ3n) is 2.14. The lowest BCUT2D eigenvalue weighted by molar-refractivity contribution is -0.139. The third kappa shape index (κ3) is 2.54. The zero-order valence-corrected chi connectivity index (χ0v) is 10.4. The number of benzene rings is 1. The highest BCUT2D eigenvalue weighted by molar-refractivity contribution is 7.92. The molecule has 4 nitrogen and oxygen atoms in total. The van der Waals surface area contributed by atoms with Gasteiger partial charge in [-0.2, -0.15) is 0 Å². The molecule has 1 aromatic rings. The summed E-state index contributed by atoms with van der Waals surface area (Å²) >= 11 is 5.64. The Morgan fingerprint density at radius 2 is 1.81 bits per heavy atom. The van der Waals surface area contributed by atoms with Crippen LogP contribution in [0, 0.1) is 0 Å². The molecule has 0 aliphatic carbocycles. The Balaban J connectivity index is 3.12. The van der Waals surface area contributed by atoms with Crippen LogP contribution in [0.15, 0.2) is 29.2 Å². The van der Waals surface area contributed by atoms with Gasteiger partial charge in [-0.1, -0.05) is 11.6 Å². The average molecular weight is 263 g/mol. The van der Waals surface area contributed by atoms with Crippen LogP contribution in [-0.4, -0.2) is 26.7 Å². The smallest absolute Gasteiger partial charge is 0.324 e. The predicted octanol–water partition coefficient (Wildman–Crippen LogP) is 1.68. The van der Waals surface area contributed by atoms with Crippen molar-refractivity contribution in [2.45, 2.75) is 17.1 Å². The SMILES string of the molecule is COC(=O)C(C)S(=O)(=O)c1ccc(Cl)cc1. The zero-order valence-electron chi connectivity index (χ0n) is 8.81. The van der Waals surface area contributed by atoms with Gasteiger partial charge in [0.1, 0.15) is 0 Å². The Hall–Kier alpha value is -1.07. The first-order chi connectivity index (χ1) is 7.39. The normalized spacial score (nSPS) is 13.2. The van der Waals surface area contributed by atoms with Crippen LogP contribution in [0.2, 0.25) is 5.02 Å². The van der Waals surface area contributed by atoms with E-state index < -0.39 is 21.1 Å². The van der Waals surface area contributed by atoms with Crippen molar-refractivity contribution in [3.63, 3.8) is 0 Å². The molecule has 1 aromatic carbocycles. The highest BCUT2D eigenvalue weighted by Gasteiger charge is 2.30. The van der Waals surface area contributed by atoms with Crippen LogP contribution in [0.4, 0.5) is 0 Å². The van der Waals surface area contributed by atoms with Crippen molar-refractivity contribution in [3.8, 4) is 0 Å². The van der Waals surface area contributed by atoms with E-state index in [1.807, 2.05) is 0 Å². The van der Waals surface area contributed by atoms with E-state index in [0.29, 0.717) is 5.02 Å². The van der Waals surface area contributed by atoms with Crippen LogP contribution in [0.1, 0.15) is 6.92 Å². The van der Waals surface area contributed by atoms with Crippen LogP contribution < -0.4 is 0 Å². The van der Waals surface area contributed by atoms with Crippen molar-refractivity contribution >= 4 is 27.4 Å². The van der Waals surface area contributed by atoms with Gasteiger partial charge in [-0.25, -0.2) is 8.42 Å². The molecule has 1 unspecified atom stereocenters. The van der Waals surface area contributed by atoms with Crippen molar-refractivity contribution in [2.24, 2.45) is 0 Å². The quantitative estimate of drug-likeness (QED) is 0.778. The molecule has 88 valence electrons. The van der Waals surface area contributed by atoms with Crippen molar-refractivity contribution in [1.82, 2.24) is 0 Å². The Bertz CT molecular complexity index is 478. The molecule has 0 spiro atoms. The maximum absolute atomic E-state index is 11.9. The number of hydrogen-bond acceptors (Lipinski definition) is 4. The molecule has 6 heteroatoms. The van der Waals surface area contributed by atoms with Gasteiger partial charge in [0, 0.05) is 5.02 Å². The third-order valence-corrected chi connectivity index (χ3v) is 4.45. The molecule has 1 rings (SSSR count). The van der Waals surface area contributed by atoms with Crippen LogP contribution in [-0.2, 0) is 19.4 Å². The fourth-order valence-electron chi connectivity index (χ4n) is 1.12. The number of esters is 1. The van der Waals surface area contributed by atoms with Gasteiger partial charge in [-0.05, 0) is 31.2 Å². The van der Waals surface area contributed by atoms with E-state index in [2.05, 4.69) is 4.74 Å². The summed E-state index contributed by atoms with van der Waals surface area (Å²) in [5.41, 5.74) is 0. The van der Waals surface area contributed by atoms with E-state index in [4.69, 9.17) is 11.6 Å². The van der Waals surface area contributed by atoms with Crippen LogP contribution in [0.25, 0.3) is 0 Å². The summed E-state index contributed by atoms with van der Waals surface area (Å²) in [4.78, 5) is 11.2. The standard InChI is InChI=1S/C10H11ClO4S/c1-7(10(12)15-2)16(13,14)9-5-3-8(11)4-6-9/h3-7H,1-2H3. The summed E-state index contributed by atoms with van der Waals surface area (Å²) in [7, 11) is -2.55. The first kappa shape index (κ1) is 13.0. The minimum absolute atomic E-state index is 0.0507. The van der Waals surface area contributed by atoms with Crippen molar-refractivity contribution < 1.29 is 17.9 Å². The van der Waals surface area contributed by atoms with E-state index >= 15 is 0 Å². The van der Waals surface area contributed by atoms with E-state index in [9.17, 15) is 13.2 Å². The maximum atomic E-state index is 11.9. The predicted molar refractivity (Wildman–Crippen MR) is 60.1 cm³/mol. The largest absolute Gasteiger partial charge is 0.468 e. The van der Waals surface area contributed by atoms with Crippen molar-refractivity contribution in [1.29, 1.82) is 0 Å². The van der Waals surface area contributed by atoms with Crippen molar-refractivity contribution in [2.75, 3.05) is 7.11 Å². The highest BCUT2D eigenvalue weighted by atomic mass is 35.5. The Morgan fingerprint density at radius 3 is 2.25 bits per heavy atom. The molecular formula is C10H11ClO4S. The molecule has 0 heterocycles. The molecule has 0 aliphatic heterocycles. The van der Waals surface area contributed by atoms with E-state index in [1.54, 1.807) is 0 Å².